The molecule has 0 spiro atoms. The van der Waals surface area contributed by atoms with Gasteiger partial charge in [0.25, 0.3) is 5.56 Å². The zero-order valence-corrected chi connectivity index (χ0v) is 10.6. The zero-order chi connectivity index (χ0) is 13.1. The molecule has 1 aromatic carbocycles. The van der Waals surface area contributed by atoms with Crippen LogP contribution in [-0.4, -0.2) is 16.3 Å². The molecule has 0 aliphatic rings. The van der Waals surface area contributed by atoms with Crippen LogP contribution in [0.15, 0.2) is 39.1 Å². The Morgan fingerprint density at radius 2 is 2.17 bits per heavy atom. The predicted molar refractivity (Wildman–Crippen MR) is 70.2 cm³/mol. The molecule has 0 radical (unpaired) electrons. The van der Waals surface area contributed by atoms with Gasteiger partial charge in [-0.15, -0.1) is 0 Å². The van der Waals surface area contributed by atoms with Crippen LogP contribution in [0.25, 0.3) is 0 Å². The summed E-state index contributed by atoms with van der Waals surface area (Å²) in [6, 6.07) is 6.14. The van der Waals surface area contributed by atoms with Gasteiger partial charge in [-0.05, 0) is 18.2 Å². The fourth-order valence-electron chi connectivity index (χ4n) is 1.28. The van der Waals surface area contributed by atoms with E-state index in [9.17, 15) is 9.59 Å². The molecule has 1 heterocycles. The molecule has 0 saturated carbocycles. The third kappa shape index (κ3) is 2.91. The molecule has 2 aromatic rings. The SMILES string of the molecule is Nc1cc(=O)[nH]c(Sc2ccc(C=O)c(Cl)c2)n1. The Labute approximate surface area is 111 Å². The van der Waals surface area contributed by atoms with Crippen molar-refractivity contribution in [3.63, 3.8) is 0 Å². The molecule has 18 heavy (non-hydrogen) atoms. The zero-order valence-electron chi connectivity index (χ0n) is 9.01. The number of aromatic amines is 1. The molecule has 7 heteroatoms. The van der Waals surface area contributed by atoms with E-state index >= 15 is 0 Å². The Kier molecular flexibility index (Phi) is 3.69. The van der Waals surface area contributed by atoms with Crippen LogP contribution in [0.2, 0.25) is 5.02 Å². The van der Waals surface area contributed by atoms with Gasteiger partial charge in [-0.25, -0.2) is 4.98 Å². The van der Waals surface area contributed by atoms with E-state index < -0.39 is 0 Å². The first-order valence-electron chi connectivity index (χ1n) is 4.88. The minimum absolute atomic E-state index is 0.150. The lowest BCUT2D eigenvalue weighted by Gasteiger charge is -2.03. The number of nitrogens with one attached hydrogen (secondary N) is 1. The number of H-pyrrole nitrogens is 1. The summed E-state index contributed by atoms with van der Waals surface area (Å²) in [6.45, 7) is 0. The first kappa shape index (κ1) is 12.7. The number of nitrogen functional groups attached to an aromatic ring is 1. The smallest absolute Gasteiger partial charge is 0.253 e. The van der Waals surface area contributed by atoms with Gasteiger partial charge in [0, 0.05) is 16.5 Å². The number of nitrogens with zero attached hydrogens (tertiary/aromatic N) is 1. The van der Waals surface area contributed by atoms with E-state index in [-0.39, 0.29) is 11.4 Å². The number of rotatable bonds is 3. The molecule has 0 amide bonds. The van der Waals surface area contributed by atoms with Gasteiger partial charge < -0.3 is 10.7 Å². The number of carbonyl (C=O) groups excluding carboxylic acids is 1. The van der Waals surface area contributed by atoms with E-state index in [1.807, 2.05) is 0 Å². The second-order valence-electron chi connectivity index (χ2n) is 3.38. The van der Waals surface area contributed by atoms with E-state index in [0.29, 0.717) is 22.0 Å². The maximum absolute atomic E-state index is 11.2. The first-order chi connectivity index (χ1) is 8.58. The maximum Gasteiger partial charge on any atom is 0.253 e. The number of nitrogens with two attached hydrogens (primary N) is 1. The molecule has 3 N–H and O–H groups in total. The van der Waals surface area contributed by atoms with Crippen molar-refractivity contribution in [1.29, 1.82) is 0 Å². The monoisotopic (exact) mass is 281 g/mol. The molecule has 0 aliphatic heterocycles. The Morgan fingerprint density at radius 1 is 1.39 bits per heavy atom. The Hall–Kier alpha value is -1.79. The Bertz CT molecular complexity index is 657. The van der Waals surface area contributed by atoms with Crippen molar-refractivity contribution < 1.29 is 4.79 Å². The van der Waals surface area contributed by atoms with Crippen molar-refractivity contribution in [1.82, 2.24) is 9.97 Å². The van der Waals surface area contributed by atoms with Gasteiger partial charge in [-0.1, -0.05) is 23.4 Å². The molecule has 92 valence electrons. The minimum atomic E-state index is -0.319. The number of halogens is 1. The quantitative estimate of drug-likeness (QED) is 0.663. The van der Waals surface area contributed by atoms with Crippen LogP contribution >= 0.6 is 23.4 Å². The van der Waals surface area contributed by atoms with Gasteiger partial charge in [0.05, 0.1) is 5.02 Å². The van der Waals surface area contributed by atoms with Gasteiger partial charge in [0.1, 0.15) is 5.82 Å². The lowest BCUT2D eigenvalue weighted by atomic mass is 10.2. The number of carbonyl (C=O) groups is 1. The van der Waals surface area contributed by atoms with E-state index in [1.54, 1.807) is 18.2 Å². The summed E-state index contributed by atoms with van der Waals surface area (Å²) in [6.07, 6.45) is 0.678. The van der Waals surface area contributed by atoms with E-state index in [1.165, 1.54) is 17.8 Å². The largest absolute Gasteiger partial charge is 0.383 e. The van der Waals surface area contributed by atoms with Crippen molar-refractivity contribution in [3.05, 3.63) is 45.2 Å². The molecule has 5 nitrogen and oxygen atoms in total. The number of hydrogen-bond acceptors (Lipinski definition) is 5. The van der Waals surface area contributed by atoms with Gasteiger partial charge >= 0.3 is 0 Å². The van der Waals surface area contributed by atoms with Gasteiger partial charge in [-0.3, -0.25) is 9.59 Å². The normalized spacial score (nSPS) is 10.3. The number of aromatic nitrogens is 2. The molecule has 0 fully saturated rings. The number of benzene rings is 1. The molecular formula is C11H8ClN3O2S. The van der Waals surface area contributed by atoms with Gasteiger partial charge in [0.2, 0.25) is 0 Å². The summed E-state index contributed by atoms with van der Waals surface area (Å²) in [4.78, 5) is 29.1. The molecule has 0 aliphatic carbocycles. The molecule has 1 aromatic heterocycles. The number of anilines is 1. The standard InChI is InChI=1S/C11H8ClN3O2S/c12-8-3-7(2-1-6(8)5-16)18-11-14-9(13)4-10(17)15-11/h1-5H,(H3,13,14,15,17). The third-order valence-electron chi connectivity index (χ3n) is 2.05. The van der Waals surface area contributed by atoms with Crippen LogP contribution in [-0.2, 0) is 0 Å². The summed E-state index contributed by atoms with van der Waals surface area (Å²) >= 11 is 7.10. The summed E-state index contributed by atoms with van der Waals surface area (Å²) in [7, 11) is 0. The van der Waals surface area contributed by atoms with E-state index in [2.05, 4.69) is 9.97 Å². The second-order valence-corrected chi connectivity index (χ2v) is 4.85. The van der Waals surface area contributed by atoms with Crippen molar-refractivity contribution in [3.8, 4) is 0 Å². The summed E-state index contributed by atoms with van der Waals surface area (Å²) in [5.74, 6) is 0.150. The highest BCUT2D eigenvalue weighted by atomic mass is 35.5. The fourth-order valence-corrected chi connectivity index (χ4v) is 2.41. The highest BCUT2D eigenvalue weighted by Crippen LogP contribution is 2.28. The molecule has 2 rings (SSSR count). The minimum Gasteiger partial charge on any atom is -0.383 e. The van der Waals surface area contributed by atoms with E-state index in [0.717, 1.165) is 4.90 Å². The summed E-state index contributed by atoms with van der Waals surface area (Å²) < 4.78 is 0. The van der Waals surface area contributed by atoms with Gasteiger partial charge in [0.15, 0.2) is 11.4 Å². The van der Waals surface area contributed by atoms with Crippen molar-refractivity contribution in [2.75, 3.05) is 5.73 Å². The van der Waals surface area contributed by atoms with E-state index in [4.69, 9.17) is 17.3 Å². The third-order valence-corrected chi connectivity index (χ3v) is 3.26. The average Bonchev–Trinajstić information content (AvgIpc) is 2.27. The topological polar surface area (TPSA) is 88.8 Å². The number of hydrogen-bond donors (Lipinski definition) is 2. The van der Waals surface area contributed by atoms with Crippen LogP contribution in [0.4, 0.5) is 5.82 Å². The van der Waals surface area contributed by atoms with Crippen LogP contribution in [0.3, 0.4) is 0 Å². The predicted octanol–water partition coefficient (Wildman–Crippen LogP) is 1.97. The summed E-state index contributed by atoms with van der Waals surface area (Å²) in [5.41, 5.74) is 5.56. The van der Waals surface area contributed by atoms with Crippen LogP contribution in [0, 0.1) is 0 Å². The summed E-state index contributed by atoms with van der Waals surface area (Å²) in [5, 5.41) is 0.719. The lowest BCUT2D eigenvalue weighted by Crippen LogP contribution is -2.09. The highest BCUT2D eigenvalue weighted by molar-refractivity contribution is 7.99. The fraction of sp³-hybridized carbons (Fsp3) is 0. The Balaban J connectivity index is 2.31. The highest BCUT2D eigenvalue weighted by Gasteiger charge is 2.05. The van der Waals surface area contributed by atoms with Crippen LogP contribution < -0.4 is 11.3 Å². The average molecular weight is 282 g/mol. The second kappa shape index (κ2) is 5.24. The first-order valence-corrected chi connectivity index (χ1v) is 6.07. The van der Waals surface area contributed by atoms with Crippen molar-refractivity contribution in [2.45, 2.75) is 10.1 Å². The molecular weight excluding hydrogens is 274 g/mol. The molecule has 0 atom stereocenters. The van der Waals surface area contributed by atoms with Crippen LogP contribution in [0.5, 0.6) is 0 Å². The maximum atomic E-state index is 11.2. The Morgan fingerprint density at radius 3 is 2.78 bits per heavy atom. The van der Waals surface area contributed by atoms with Gasteiger partial charge in [-0.2, -0.15) is 0 Å². The van der Waals surface area contributed by atoms with Crippen LogP contribution in [0.1, 0.15) is 10.4 Å². The van der Waals surface area contributed by atoms with Crippen molar-refractivity contribution in [2.24, 2.45) is 0 Å². The lowest BCUT2D eigenvalue weighted by molar-refractivity contribution is 0.112. The molecule has 0 bridgehead atoms. The molecule has 0 saturated heterocycles. The van der Waals surface area contributed by atoms with Crippen molar-refractivity contribution >= 4 is 35.5 Å². The molecule has 0 unspecified atom stereocenters. The number of aldehydes is 1.